The summed E-state index contributed by atoms with van der Waals surface area (Å²) >= 11 is 0. The maximum atomic E-state index is 12.7. The Morgan fingerprint density at radius 1 is 1.00 bits per heavy atom. The van der Waals surface area contributed by atoms with Crippen molar-refractivity contribution in [3.8, 4) is 17.2 Å². The minimum atomic E-state index is -0.912. The highest BCUT2D eigenvalue weighted by Crippen LogP contribution is 2.35. The number of aromatic nitrogens is 2. The summed E-state index contributed by atoms with van der Waals surface area (Å²) in [7, 11) is 1.58. The molecule has 0 bridgehead atoms. The van der Waals surface area contributed by atoms with Gasteiger partial charge in [-0.1, -0.05) is 20.3 Å². The predicted octanol–water partition coefficient (Wildman–Crippen LogP) is 4.22. The molecule has 0 atom stereocenters. The van der Waals surface area contributed by atoms with Crippen LogP contribution in [0.5, 0.6) is 17.2 Å². The van der Waals surface area contributed by atoms with Crippen molar-refractivity contribution in [2.24, 2.45) is 5.73 Å². The molecule has 0 fully saturated rings. The quantitative estimate of drug-likeness (QED) is 0.257. The first-order valence-corrected chi connectivity index (χ1v) is 12.3. The number of hydrazine groups is 1. The molecule has 4 amide bonds. The number of urea groups is 1. The lowest BCUT2D eigenvalue weighted by molar-refractivity contribution is 0.0932. The molecule has 0 aliphatic carbocycles. The summed E-state index contributed by atoms with van der Waals surface area (Å²) in [6.45, 7) is 4.65. The fraction of sp³-hybridized carbons (Fsp3) is 0.259. The van der Waals surface area contributed by atoms with E-state index >= 15 is 0 Å². The largest absolute Gasteiger partial charge is 0.496 e. The molecule has 2 aromatic carbocycles. The zero-order valence-electron chi connectivity index (χ0n) is 21.5. The Morgan fingerprint density at radius 3 is 2.53 bits per heavy atom. The number of methoxy groups -OCH3 is 1. The van der Waals surface area contributed by atoms with Crippen molar-refractivity contribution in [3.63, 3.8) is 0 Å². The van der Waals surface area contributed by atoms with E-state index in [1.54, 1.807) is 36.1 Å². The van der Waals surface area contributed by atoms with E-state index in [9.17, 15) is 14.4 Å². The van der Waals surface area contributed by atoms with Crippen LogP contribution in [0, 0.1) is 0 Å². The van der Waals surface area contributed by atoms with Gasteiger partial charge in [-0.3, -0.25) is 14.8 Å². The first kappa shape index (κ1) is 26.3. The van der Waals surface area contributed by atoms with Gasteiger partial charge in [0.2, 0.25) is 0 Å². The molecule has 2 aromatic heterocycles. The number of primary amides is 1. The predicted molar refractivity (Wildman–Crippen MR) is 144 cm³/mol. The summed E-state index contributed by atoms with van der Waals surface area (Å²) in [5, 5.41) is 4.36. The van der Waals surface area contributed by atoms with Gasteiger partial charge in [-0.05, 0) is 48.7 Å². The van der Waals surface area contributed by atoms with Crippen molar-refractivity contribution in [3.05, 3.63) is 59.9 Å². The molecule has 0 saturated carbocycles. The summed E-state index contributed by atoms with van der Waals surface area (Å²) in [5.74, 6) is 0.873. The number of ether oxygens (including phenoxy) is 2. The van der Waals surface area contributed by atoms with E-state index in [1.165, 1.54) is 6.07 Å². The van der Waals surface area contributed by atoms with Gasteiger partial charge in [0.05, 0.1) is 18.1 Å². The second-order valence-corrected chi connectivity index (χ2v) is 8.62. The molecule has 4 rings (SSSR count). The van der Waals surface area contributed by atoms with Crippen LogP contribution in [0.15, 0.2) is 48.7 Å². The number of aryl methyl sites for hydroxylation is 1. The zero-order valence-corrected chi connectivity index (χ0v) is 21.5. The minimum Gasteiger partial charge on any atom is -0.496 e. The molecule has 5 N–H and O–H groups in total. The Hall–Kier alpha value is -4.80. The molecular weight excluding hydrogens is 488 g/mol. The molecule has 11 nitrogen and oxygen atoms in total. The van der Waals surface area contributed by atoms with E-state index in [1.807, 2.05) is 25.1 Å². The Labute approximate surface area is 219 Å². The highest BCUT2D eigenvalue weighted by atomic mass is 16.5. The standard InChI is InChI=1S/C27H30N6O5/c1-4-6-17-13-19-20(14-23(17)37-3)30-21(25(34)31-32-26(28)35)15-24(19)38-18-7-8-22-16(12-18)9-11-33(22)27(36)29-10-5-2/h7-9,11-15H,4-6,10H2,1-3H3,(H,29,36)(H,31,34)(H3,28,32,35). The summed E-state index contributed by atoms with van der Waals surface area (Å²) < 4.78 is 13.4. The summed E-state index contributed by atoms with van der Waals surface area (Å²) in [6.07, 6.45) is 4.24. The topological polar surface area (TPSA) is 150 Å². The number of rotatable bonds is 8. The first-order chi connectivity index (χ1) is 18.3. The SMILES string of the molecule is CCCNC(=O)n1ccc2cc(Oc3cc(C(=O)NNC(N)=O)nc4cc(OC)c(CCC)cc34)ccc21. The van der Waals surface area contributed by atoms with Crippen molar-refractivity contribution in [1.29, 1.82) is 0 Å². The van der Waals surface area contributed by atoms with Crippen molar-refractivity contribution in [1.82, 2.24) is 25.7 Å². The van der Waals surface area contributed by atoms with Crippen molar-refractivity contribution < 1.29 is 23.9 Å². The molecule has 0 saturated heterocycles. The second-order valence-electron chi connectivity index (χ2n) is 8.62. The molecule has 38 heavy (non-hydrogen) atoms. The number of nitrogens with two attached hydrogens (primary N) is 1. The maximum Gasteiger partial charge on any atom is 0.330 e. The fourth-order valence-corrected chi connectivity index (χ4v) is 4.11. The van der Waals surface area contributed by atoms with Gasteiger partial charge in [0.15, 0.2) is 0 Å². The summed E-state index contributed by atoms with van der Waals surface area (Å²) in [5.41, 5.74) is 11.5. The molecule has 0 radical (unpaired) electrons. The van der Waals surface area contributed by atoms with E-state index in [2.05, 4.69) is 28.1 Å². The smallest absolute Gasteiger partial charge is 0.330 e. The first-order valence-electron chi connectivity index (χ1n) is 12.3. The number of amides is 4. The second kappa shape index (κ2) is 11.5. The molecule has 0 unspecified atom stereocenters. The molecule has 2 heterocycles. The highest BCUT2D eigenvalue weighted by molar-refractivity contribution is 5.98. The van der Waals surface area contributed by atoms with E-state index in [0.717, 1.165) is 35.7 Å². The fourth-order valence-electron chi connectivity index (χ4n) is 4.11. The average molecular weight is 519 g/mol. The number of carbonyl (C=O) groups excluding carboxylic acids is 3. The number of carbonyl (C=O) groups is 3. The molecule has 4 aromatic rings. The number of fused-ring (bicyclic) bond motifs is 2. The number of hydrogen-bond donors (Lipinski definition) is 4. The third-order valence-electron chi connectivity index (χ3n) is 5.86. The van der Waals surface area contributed by atoms with Gasteiger partial charge in [-0.15, -0.1) is 0 Å². The monoisotopic (exact) mass is 518 g/mol. The normalized spacial score (nSPS) is 10.8. The van der Waals surface area contributed by atoms with Gasteiger partial charge < -0.3 is 20.5 Å². The molecule has 0 aliphatic rings. The molecule has 11 heteroatoms. The Bertz CT molecular complexity index is 1510. The van der Waals surface area contributed by atoms with Crippen LogP contribution in [-0.4, -0.2) is 41.2 Å². The summed E-state index contributed by atoms with van der Waals surface area (Å²) in [4.78, 5) is 40.6. The third kappa shape index (κ3) is 5.61. The number of benzene rings is 2. The zero-order chi connectivity index (χ0) is 27.2. The van der Waals surface area contributed by atoms with Crippen molar-refractivity contribution in [2.45, 2.75) is 33.1 Å². The Kier molecular flexibility index (Phi) is 7.95. The van der Waals surface area contributed by atoms with Crippen LogP contribution in [0.4, 0.5) is 9.59 Å². The van der Waals surface area contributed by atoms with Gasteiger partial charge in [0, 0.05) is 35.6 Å². The number of nitrogens with one attached hydrogen (secondary N) is 3. The Balaban J connectivity index is 1.76. The van der Waals surface area contributed by atoms with E-state index in [0.29, 0.717) is 34.7 Å². The average Bonchev–Trinajstić information content (AvgIpc) is 3.33. The van der Waals surface area contributed by atoms with Crippen molar-refractivity contribution >= 4 is 39.8 Å². The van der Waals surface area contributed by atoms with Crippen LogP contribution in [0.1, 0.15) is 42.7 Å². The van der Waals surface area contributed by atoms with Gasteiger partial charge in [0.1, 0.15) is 22.9 Å². The highest BCUT2D eigenvalue weighted by Gasteiger charge is 2.17. The van der Waals surface area contributed by atoms with Gasteiger partial charge >= 0.3 is 12.1 Å². The van der Waals surface area contributed by atoms with Crippen LogP contribution in [0.3, 0.4) is 0 Å². The van der Waals surface area contributed by atoms with Gasteiger partial charge in [-0.25, -0.2) is 20.0 Å². The van der Waals surface area contributed by atoms with E-state index in [-0.39, 0.29) is 11.7 Å². The van der Waals surface area contributed by atoms with Crippen LogP contribution < -0.4 is 31.4 Å². The van der Waals surface area contributed by atoms with Gasteiger partial charge in [-0.2, -0.15) is 0 Å². The van der Waals surface area contributed by atoms with Crippen LogP contribution in [0.2, 0.25) is 0 Å². The third-order valence-corrected chi connectivity index (χ3v) is 5.86. The van der Waals surface area contributed by atoms with Crippen LogP contribution in [0.25, 0.3) is 21.8 Å². The molecular formula is C27H30N6O5. The lowest BCUT2D eigenvalue weighted by Gasteiger charge is -2.15. The lowest BCUT2D eigenvalue weighted by Crippen LogP contribution is -2.44. The number of nitrogens with zero attached hydrogens (tertiary/aromatic N) is 2. The van der Waals surface area contributed by atoms with Crippen molar-refractivity contribution in [2.75, 3.05) is 13.7 Å². The van der Waals surface area contributed by atoms with Crippen LogP contribution in [-0.2, 0) is 6.42 Å². The molecule has 0 spiro atoms. The lowest BCUT2D eigenvalue weighted by atomic mass is 10.0. The van der Waals surface area contributed by atoms with Gasteiger partial charge in [0.25, 0.3) is 5.91 Å². The number of pyridine rings is 1. The maximum absolute atomic E-state index is 12.7. The molecule has 198 valence electrons. The Morgan fingerprint density at radius 2 is 1.82 bits per heavy atom. The minimum absolute atomic E-state index is 0.00590. The van der Waals surface area contributed by atoms with E-state index < -0.39 is 11.9 Å². The van der Waals surface area contributed by atoms with Crippen LogP contribution >= 0.6 is 0 Å². The van der Waals surface area contributed by atoms with E-state index in [4.69, 9.17) is 15.2 Å². The molecule has 0 aliphatic heterocycles. The summed E-state index contributed by atoms with van der Waals surface area (Å²) in [6, 6.07) is 11.3. The number of hydrogen-bond acceptors (Lipinski definition) is 6.